The lowest BCUT2D eigenvalue weighted by Gasteiger charge is -2.06. The number of benzene rings is 1. The number of carbonyl (C=O) groups is 1. The third-order valence-electron chi connectivity index (χ3n) is 2.85. The maximum atomic E-state index is 10.9. The summed E-state index contributed by atoms with van der Waals surface area (Å²) in [7, 11) is 0. The van der Waals surface area contributed by atoms with Crippen LogP contribution >= 0.6 is 0 Å². The summed E-state index contributed by atoms with van der Waals surface area (Å²) < 4.78 is 7.37. The number of carboxylic acid groups (broad SMARTS) is 1. The van der Waals surface area contributed by atoms with Gasteiger partial charge >= 0.3 is 5.97 Å². The number of ether oxygens (including phenoxy) is 1. The van der Waals surface area contributed by atoms with Gasteiger partial charge in [-0.2, -0.15) is 0 Å². The van der Waals surface area contributed by atoms with Crippen LogP contribution in [0, 0.1) is 6.92 Å². The molecule has 0 saturated carbocycles. The molecule has 2 rings (SSSR count). The summed E-state index contributed by atoms with van der Waals surface area (Å²) in [4.78, 5) is 15.3. The first kappa shape index (κ1) is 12.6. The molecular weight excluding hydrogens is 232 g/mol. The van der Waals surface area contributed by atoms with Gasteiger partial charge in [0.05, 0.1) is 23.2 Å². The summed E-state index contributed by atoms with van der Waals surface area (Å²) in [6.45, 7) is 5.91. The number of fused-ring (bicyclic) bond motifs is 1. The summed E-state index contributed by atoms with van der Waals surface area (Å²) in [6.07, 6.45) is 0. The average Bonchev–Trinajstić information content (AvgIpc) is 2.65. The highest BCUT2D eigenvalue weighted by atomic mass is 16.5. The van der Waals surface area contributed by atoms with Gasteiger partial charge in [-0.25, -0.2) is 9.78 Å². The molecule has 0 spiro atoms. The topological polar surface area (TPSA) is 64.4 Å². The SMILES string of the molecule is CCOCCn1c(C)nc2cc(C(=O)O)ccc21. The molecule has 5 heteroatoms. The molecule has 0 amide bonds. The van der Waals surface area contributed by atoms with E-state index in [1.54, 1.807) is 18.2 Å². The first-order valence-electron chi connectivity index (χ1n) is 5.91. The first-order valence-corrected chi connectivity index (χ1v) is 5.91. The van der Waals surface area contributed by atoms with Crippen LogP contribution in [0.3, 0.4) is 0 Å². The van der Waals surface area contributed by atoms with E-state index in [1.807, 2.05) is 18.4 Å². The Morgan fingerprint density at radius 2 is 2.28 bits per heavy atom. The number of aromatic nitrogens is 2. The summed E-state index contributed by atoms with van der Waals surface area (Å²) in [5, 5.41) is 8.94. The number of aromatic carboxylic acids is 1. The highest BCUT2D eigenvalue weighted by Crippen LogP contribution is 2.17. The Labute approximate surface area is 105 Å². The number of aryl methyl sites for hydroxylation is 1. The van der Waals surface area contributed by atoms with Gasteiger partial charge < -0.3 is 14.4 Å². The van der Waals surface area contributed by atoms with E-state index in [4.69, 9.17) is 9.84 Å². The lowest BCUT2D eigenvalue weighted by molar-refractivity contribution is 0.0697. The van der Waals surface area contributed by atoms with E-state index in [2.05, 4.69) is 4.98 Å². The van der Waals surface area contributed by atoms with Crippen molar-refractivity contribution in [2.45, 2.75) is 20.4 Å². The smallest absolute Gasteiger partial charge is 0.335 e. The molecule has 1 N–H and O–H groups in total. The molecule has 0 radical (unpaired) electrons. The molecule has 0 saturated heterocycles. The number of hydrogen-bond acceptors (Lipinski definition) is 3. The molecule has 1 aromatic heterocycles. The van der Waals surface area contributed by atoms with Gasteiger partial charge in [0.15, 0.2) is 0 Å². The fourth-order valence-electron chi connectivity index (χ4n) is 1.97. The summed E-state index contributed by atoms with van der Waals surface area (Å²) in [5.74, 6) is -0.0642. The highest BCUT2D eigenvalue weighted by molar-refractivity contribution is 5.92. The van der Waals surface area contributed by atoms with Crippen molar-refractivity contribution in [3.8, 4) is 0 Å². The maximum absolute atomic E-state index is 10.9. The quantitative estimate of drug-likeness (QED) is 0.823. The Balaban J connectivity index is 2.36. The van der Waals surface area contributed by atoms with Gasteiger partial charge in [-0.1, -0.05) is 0 Å². The molecule has 96 valence electrons. The first-order chi connectivity index (χ1) is 8.63. The van der Waals surface area contributed by atoms with Crippen molar-refractivity contribution in [1.82, 2.24) is 9.55 Å². The third kappa shape index (κ3) is 2.36. The lowest BCUT2D eigenvalue weighted by Crippen LogP contribution is -2.07. The zero-order valence-electron chi connectivity index (χ0n) is 10.5. The van der Waals surface area contributed by atoms with E-state index in [9.17, 15) is 4.79 Å². The van der Waals surface area contributed by atoms with Crippen LogP contribution in [0.5, 0.6) is 0 Å². The lowest BCUT2D eigenvalue weighted by atomic mass is 10.2. The fraction of sp³-hybridized carbons (Fsp3) is 0.385. The predicted octanol–water partition coefficient (Wildman–Crippen LogP) is 2.08. The molecule has 0 atom stereocenters. The van der Waals surface area contributed by atoms with Crippen LogP contribution in [0.25, 0.3) is 11.0 Å². The third-order valence-corrected chi connectivity index (χ3v) is 2.85. The van der Waals surface area contributed by atoms with Gasteiger partial charge in [-0.3, -0.25) is 0 Å². The Hall–Kier alpha value is -1.88. The van der Waals surface area contributed by atoms with E-state index in [-0.39, 0.29) is 5.56 Å². The zero-order chi connectivity index (χ0) is 13.1. The van der Waals surface area contributed by atoms with Crippen LogP contribution < -0.4 is 0 Å². The minimum atomic E-state index is -0.932. The largest absolute Gasteiger partial charge is 0.478 e. The van der Waals surface area contributed by atoms with Gasteiger partial charge in [-0.15, -0.1) is 0 Å². The van der Waals surface area contributed by atoms with Gasteiger partial charge in [0.25, 0.3) is 0 Å². The number of rotatable bonds is 5. The Morgan fingerprint density at radius 3 is 2.94 bits per heavy atom. The second kappa shape index (κ2) is 5.18. The van der Waals surface area contributed by atoms with Crippen LogP contribution in [0.15, 0.2) is 18.2 Å². The average molecular weight is 248 g/mol. The molecule has 18 heavy (non-hydrogen) atoms. The monoisotopic (exact) mass is 248 g/mol. The minimum Gasteiger partial charge on any atom is -0.478 e. The molecule has 0 aliphatic carbocycles. The molecule has 0 fully saturated rings. The molecular formula is C13H16N2O3. The molecule has 0 aliphatic rings. The maximum Gasteiger partial charge on any atom is 0.335 e. The van der Waals surface area contributed by atoms with E-state index < -0.39 is 5.97 Å². The molecule has 1 heterocycles. The van der Waals surface area contributed by atoms with Crippen molar-refractivity contribution in [2.24, 2.45) is 0 Å². The summed E-state index contributed by atoms with van der Waals surface area (Å²) >= 11 is 0. The zero-order valence-corrected chi connectivity index (χ0v) is 10.5. The van der Waals surface area contributed by atoms with Crippen molar-refractivity contribution in [1.29, 1.82) is 0 Å². The molecule has 0 unspecified atom stereocenters. The van der Waals surface area contributed by atoms with Crippen molar-refractivity contribution >= 4 is 17.0 Å². The van der Waals surface area contributed by atoms with E-state index in [0.29, 0.717) is 18.7 Å². The van der Waals surface area contributed by atoms with Crippen LogP contribution in [-0.4, -0.2) is 33.8 Å². The van der Waals surface area contributed by atoms with Crippen LogP contribution in [-0.2, 0) is 11.3 Å². The van der Waals surface area contributed by atoms with Crippen LogP contribution in [0.4, 0.5) is 0 Å². The Morgan fingerprint density at radius 1 is 1.50 bits per heavy atom. The van der Waals surface area contributed by atoms with E-state index in [1.165, 1.54) is 0 Å². The standard InChI is InChI=1S/C13H16N2O3/c1-3-18-7-6-15-9(2)14-11-8-10(13(16)17)4-5-12(11)15/h4-5,8H,3,6-7H2,1-2H3,(H,16,17). The molecule has 0 aliphatic heterocycles. The highest BCUT2D eigenvalue weighted by Gasteiger charge is 2.10. The predicted molar refractivity (Wildman–Crippen MR) is 67.9 cm³/mol. The van der Waals surface area contributed by atoms with E-state index in [0.717, 1.165) is 17.9 Å². The number of imidazole rings is 1. The molecule has 0 bridgehead atoms. The number of nitrogens with zero attached hydrogens (tertiary/aromatic N) is 2. The fourth-order valence-corrected chi connectivity index (χ4v) is 1.97. The van der Waals surface area contributed by atoms with Gasteiger partial charge in [-0.05, 0) is 32.0 Å². The second-order valence-corrected chi connectivity index (χ2v) is 4.02. The second-order valence-electron chi connectivity index (χ2n) is 4.02. The van der Waals surface area contributed by atoms with Crippen molar-refractivity contribution < 1.29 is 14.6 Å². The molecule has 1 aromatic carbocycles. The molecule has 2 aromatic rings. The van der Waals surface area contributed by atoms with Gasteiger partial charge in [0, 0.05) is 13.2 Å². The van der Waals surface area contributed by atoms with Gasteiger partial charge in [0.2, 0.25) is 0 Å². The van der Waals surface area contributed by atoms with Crippen molar-refractivity contribution in [2.75, 3.05) is 13.2 Å². The Bertz CT molecular complexity index is 575. The van der Waals surface area contributed by atoms with Crippen LogP contribution in [0.1, 0.15) is 23.1 Å². The normalized spacial score (nSPS) is 11.0. The van der Waals surface area contributed by atoms with Crippen molar-refractivity contribution in [3.63, 3.8) is 0 Å². The number of carboxylic acids is 1. The minimum absolute atomic E-state index is 0.261. The Kier molecular flexibility index (Phi) is 3.62. The van der Waals surface area contributed by atoms with Gasteiger partial charge in [0.1, 0.15) is 5.82 Å². The molecule has 5 nitrogen and oxygen atoms in total. The summed E-state index contributed by atoms with van der Waals surface area (Å²) in [5.41, 5.74) is 1.91. The van der Waals surface area contributed by atoms with Crippen LogP contribution in [0.2, 0.25) is 0 Å². The number of hydrogen-bond donors (Lipinski definition) is 1. The van der Waals surface area contributed by atoms with E-state index >= 15 is 0 Å². The van der Waals surface area contributed by atoms with Crippen molar-refractivity contribution in [3.05, 3.63) is 29.6 Å². The summed E-state index contributed by atoms with van der Waals surface area (Å²) in [6, 6.07) is 5.00.